The third-order valence-electron chi connectivity index (χ3n) is 3.33. The van der Waals surface area contributed by atoms with Crippen LogP contribution in [-0.2, 0) is 4.79 Å². The number of piperidine rings is 1. The van der Waals surface area contributed by atoms with Crippen LogP contribution in [0.4, 0.5) is 0 Å². The normalized spacial score (nSPS) is 20.1. The van der Waals surface area contributed by atoms with Crippen LogP contribution >= 0.6 is 0 Å². The van der Waals surface area contributed by atoms with Crippen LogP contribution in [0.25, 0.3) is 0 Å². The molecule has 4 heteroatoms. The Morgan fingerprint density at radius 2 is 2.11 bits per heavy atom. The van der Waals surface area contributed by atoms with Crippen molar-refractivity contribution in [3.63, 3.8) is 0 Å². The molecule has 1 heterocycles. The molecule has 1 fully saturated rings. The van der Waals surface area contributed by atoms with Gasteiger partial charge in [0.05, 0.1) is 0 Å². The smallest absolute Gasteiger partial charge is 0.260 e. The lowest BCUT2D eigenvalue weighted by Gasteiger charge is -2.28. The number of benzene rings is 1. The van der Waals surface area contributed by atoms with E-state index < -0.39 is 0 Å². The summed E-state index contributed by atoms with van der Waals surface area (Å²) in [7, 11) is 0. The maximum atomic E-state index is 12.4. The van der Waals surface area contributed by atoms with E-state index in [0.717, 1.165) is 11.1 Å². The molecule has 2 N–H and O–H groups in total. The highest BCUT2D eigenvalue weighted by Gasteiger charge is 2.29. The number of nitrogens with zero attached hydrogens (tertiary/aromatic N) is 1. The Hall–Kier alpha value is -1.68. The molecule has 1 unspecified atom stereocenters. The zero-order valence-corrected chi connectivity index (χ0v) is 10.8. The molecule has 18 heavy (non-hydrogen) atoms. The Morgan fingerprint density at radius 3 is 2.78 bits per heavy atom. The molecule has 0 bridgehead atoms. The average Bonchev–Trinajstić information content (AvgIpc) is 2.31. The molecular weight excluding hydrogens is 228 g/mol. The molecule has 1 aromatic carbocycles. The van der Waals surface area contributed by atoms with Crippen LogP contribution in [0.15, 0.2) is 18.2 Å². The van der Waals surface area contributed by atoms with Crippen molar-refractivity contribution in [2.75, 3.05) is 6.54 Å². The van der Waals surface area contributed by atoms with Crippen molar-refractivity contribution in [3.8, 4) is 0 Å². The fourth-order valence-corrected chi connectivity index (χ4v) is 2.18. The molecule has 96 valence electrons. The standard InChI is InChI=1S/C14H18N2O2/c1-9-3-4-10(2)12(7-9)14(18)16-6-5-11(15)8-13(16)17/h3-4,7,11H,5-6,8,15H2,1-2H3. The second-order valence-electron chi connectivity index (χ2n) is 4.92. The summed E-state index contributed by atoms with van der Waals surface area (Å²) in [5.41, 5.74) is 8.25. The maximum absolute atomic E-state index is 12.4. The minimum Gasteiger partial charge on any atom is -0.327 e. The van der Waals surface area contributed by atoms with Crippen LogP contribution in [0.5, 0.6) is 0 Å². The number of likely N-dealkylation sites (tertiary alicyclic amines) is 1. The molecule has 1 atom stereocenters. The first-order valence-corrected chi connectivity index (χ1v) is 6.16. The Kier molecular flexibility index (Phi) is 3.48. The van der Waals surface area contributed by atoms with Crippen LogP contribution in [0, 0.1) is 13.8 Å². The van der Waals surface area contributed by atoms with Crippen LogP contribution in [0.3, 0.4) is 0 Å². The van der Waals surface area contributed by atoms with Crippen molar-refractivity contribution in [1.29, 1.82) is 0 Å². The second-order valence-corrected chi connectivity index (χ2v) is 4.92. The van der Waals surface area contributed by atoms with Gasteiger partial charge in [0.25, 0.3) is 5.91 Å². The van der Waals surface area contributed by atoms with E-state index in [4.69, 9.17) is 5.73 Å². The number of carbonyl (C=O) groups is 2. The summed E-state index contributed by atoms with van der Waals surface area (Å²) in [5, 5.41) is 0. The fourth-order valence-electron chi connectivity index (χ4n) is 2.18. The summed E-state index contributed by atoms with van der Waals surface area (Å²) in [6.45, 7) is 4.24. The number of imide groups is 1. The van der Waals surface area contributed by atoms with Gasteiger partial charge >= 0.3 is 0 Å². The van der Waals surface area contributed by atoms with Crippen LogP contribution in [0.2, 0.25) is 0 Å². The summed E-state index contributed by atoms with van der Waals surface area (Å²) in [5.74, 6) is -0.368. The first-order valence-electron chi connectivity index (χ1n) is 6.16. The summed E-state index contributed by atoms with van der Waals surface area (Å²) >= 11 is 0. The summed E-state index contributed by atoms with van der Waals surface area (Å²) in [6, 6.07) is 5.59. The lowest BCUT2D eigenvalue weighted by Crippen LogP contribution is -2.47. The molecule has 1 aliphatic heterocycles. The van der Waals surface area contributed by atoms with Gasteiger partial charge in [-0.05, 0) is 31.9 Å². The van der Waals surface area contributed by atoms with Gasteiger partial charge in [-0.2, -0.15) is 0 Å². The van der Waals surface area contributed by atoms with Gasteiger partial charge in [-0.15, -0.1) is 0 Å². The van der Waals surface area contributed by atoms with E-state index in [2.05, 4.69) is 0 Å². The average molecular weight is 246 g/mol. The SMILES string of the molecule is Cc1ccc(C)c(C(=O)N2CCC(N)CC2=O)c1. The molecule has 0 spiro atoms. The van der Waals surface area contributed by atoms with Gasteiger partial charge < -0.3 is 5.73 Å². The van der Waals surface area contributed by atoms with Crippen molar-refractivity contribution in [2.45, 2.75) is 32.7 Å². The molecule has 1 aliphatic rings. The lowest BCUT2D eigenvalue weighted by molar-refractivity contribution is -0.130. The van der Waals surface area contributed by atoms with Gasteiger partial charge in [-0.3, -0.25) is 14.5 Å². The highest BCUT2D eigenvalue weighted by atomic mass is 16.2. The van der Waals surface area contributed by atoms with Gasteiger partial charge in [0.1, 0.15) is 0 Å². The minimum atomic E-state index is -0.201. The van der Waals surface area contributed by atoms with E-state index in [0.29, 0.717) is 18.5 Å². The number of carbonyl (C=O) groups excluding carboxylic acids is 2. The molecule has 0 aliphatic carbocycles. The van der Waals surface area contributed by atoms with Crippen molar-refractivity contribution < 1.29 is 9.59 Å². The molecule has 0 radical (unpaired) electrons. The topological polar surface area (TPSA) is 63.4 Å². The van der Waals surface area contributed by atoms with Gasteiger partial charge in [0.15, 0.2) is 0 Å². The van der Waals surface area contributed by atoms with E-state index in [1.54, 1.807) is 0 Å². The zero-order chi connectivity index (χ0) is 13.3. The summed E-state index contributed by atoms with van der Waals surface area (Å²) < 4.78 is 0. The van der Waals surface area contributed by atoms with E-state index in [-0.39, 0.29) is 24.3 Å². The highest BCUT2D eigenvalue weighted by Crippen LogP contribution is 2.17. The number of hydrogen-bond donors (Lipinski definition) is 1. The quantitative estimate of drug-likeness (QED) is 0.762. The third kappa shape index (κ3) is 2.43. The Bertz CT molecular complexity index is 497. The predicted molar refractivity (Wildman–Crippen MR) is 69.2 cm³/mol. The van der Waals surface area contributed by atoms with E-state index in [1.165, 1.54) is 4.90 Å². The number of rotatable bonds is 1. The molecule has 1 saturated heterocycles. The van der Waals surface area contributed by atoms with E-state index >= 15 is 0 Å². The first kappa shape index (κ1) is 12.8. The van der Waals surface area contributed by atoms with Crippen molar-refractivity contribution >= 4 is 11.8 Å². The summed E-state index contributed by atoms with van der Waals surface area (Å²) in [4.78, 5) is 25.5. The second kappa shape index (κ2) is 4.90. The minimum absolute atomic E-state index is 0.111. The largest absolute Gasteiger partial charge is 0.327 e. The van der Waals surface area contributed by atoms with E-state index in [9.17, 15) is 9.59 Å². The third-order valence-corrected chi connectivity index (χ3v) is 3.33. The predicted octanol–water partition coefficient (Wildman–Crippen LogP) is 1.39. The number of nitrogens with two attached hydrogens (primary N) is 1. The molecule has 1 aromatic rings. The number of amides is 2. The highest BCUT2D eigenvalue weighted by molar-refractivity contribution is 6.06. The molecule has 0 aromatic heterocycles. The Morgan fingerprint density at radius 1 is 1.39 bits per heavy atom. The van der Waals surface area contributed by atoms with Gasteiger partial charge in [-0.1, -0.05) is 17.7 Å². The lowest BCUT2D eigenvalue weighted by atomic mass is 10.0. The number of hydrogen-bond acceptors (Lipinski definition) is 3. The molecule has 2 rings (SSSR count). The Balaban J connectivity index is 2.26. The van der Waals surface area contributed by atoms with Crippen LogP contribution in [-0.4, -0.2) is 29.3 Å². The van der Waals surface area contributed by atoms with Crippen LogP contribution in [0.1, 0.15) is 34.3 Å². The molecule has 2 amide bonds. The van der Waals surface area contributed by atoms with Crippen molar-refractivity contribution in [1.82, 2.24) is 4.90 Å². The fraction of sp³-hybridized carbons (Fsp3) is 0.429. The Labute approximate surface area is 107 Å². The van der Waals surface area contributed by atoms with Gasteiger partial charge in [0, 0.05) is 24.6 Å². The van der Waals surface area contributed by atoms with Crippen molar-refractivity contribution in [2.24, 2.45) is 5.73 Å². The number of aryl methyl sites for hydroxylation is 2. The first-order chi connectivity index (χ1) is 8.49. The maximum Gasteiger partial charge on any atom is 0.260 e. The summed E-state index contributed by atoms with van der Waals surface area (Å²) in [6.07, 6.45) is 0.943. The van der Waals surface area contributed by atoms with Gasteiger partial charge in [-0.25, -0.2) is 0 Å². The van der Waals surface area contributed by atoms with E-state index in [1.807, 2.05) is 32.0 Å². The van der Waals surface area contributed by atoms with Gasteiger partial charge in [0.2, 0.25) is 5.91 Å². The zero-order valence-electron chi connectivity index (χ0n) is 10.8. The molecular formula is C14H18N2O2. The monoisotopic (exact) mass is 246 g/mol. The van der Waals surface area contributed by atoms with Crippen LogP contribution < -0.4 is 5.73 Å². The van der Waals surface area contributed by atoms with Crippen molar-refractivity contribution in [3.05, 3.63) is 34.9 Å². The molecule has 0 saturated carbocycles. The molecule has 4 nitrogen and oxygen atoms in total.